The van der Waals surface area contributed by atoms with Crippen LogP contribution in [0.1, 0.15) is 23.2 Å². The molecule has 0 aliphatic carbocycles. The van der Waals surface area contributed by atoms with Crippen molar-refractivity contribution in [2.45, 2.75) is 12.8 Å². The molecule has 5 nitrogen and oxygen atoms in total. The summed E-state index contributed by atoms with van der Waals surface area (Å²) in [5.41, 5.74) is 7.14. The number of nitrogens with zero attached hydrogens (tertiary/aromatic N) is 2. The standard InChI is InChI=1S/C17H21N3O2/c1-22-15-11-19-14-5-3-2-4-13(14)16(15)17(21)20-8-6-12(10-18)7-9-20/h2-5,11-12H,6-10,18H2,1H3. The number of aromatic nitrogens is 1. The SMILES string of the molecule is COc1cnc2ccccc2c1C(=O)N1CCC(CN)CC1. The highest BCUT2D eigenvalue weighted by Gasteiger charge is 2.26. The van der Waals surface area contributed by atoms with Crippen molar-refractivity contribution in [3.63, 3.8) is 0 Å². The first-order valence-corrected chi connectivity index (χ1v) is 7.65. The van der Waals surface area contributed by atoms with Crippen molar-refractivity contribution in [3.05, 3.63) is 36.0 Å². The first kappa shape index (κ1) is 14.8. The molecule has 2 heterocycles. The molecule has 0 bridgehead atoms. The van der Waals surface area contributed by atoms with E-state index in [1.807, 2.05) is 29.2 Å². The van der Waals surface area contributed by atoms with Crippen LogP contribution in [0.15, 0.2) is 30.5 Å². The quantitative estimate of drug-likeness (QED) is 0.942. The summed E-state index contributed by atoms with van der Waals surface area (Å²) in [5, 5.41) is 0.841. The average molecular weight is 299 g/mol. The van der Waals surface area contributed by atoms with Gasteiger partial charge in [0.15, 0.2) is 5.75 Å². The molecule has 3 rings (SSSR count). The average Bonchev–Trinajstić information content (AvgIpc) is 2.60. The Bertz CT molecular complexity index is 679. The van der Waals surface area contributed by atoms with Crippen LogP contribution < -0.4 is 10.5 Å². The van der Waals surface area contributed by atoms with Gasteiger partial charge < -0.3 is 15.4 Å². The van der Waals surface area contributed by atoms with E-state index < -0.39 is 0 Å². The van der Waals surface area contributed by atoms with E-state index in [4.69, 9.17) is 10.5 Å². The van der Waals surface area contributed by atoms with Crippen LogP contribution in [-0.4, -0.2) is 42.5 Å². The normalized spacial score (nSPS) is 16.0. The van der Waals surface area contributed by atoms with Crippen molar-refractivity contribution < 1.29 is 9.53 Å². The van der Waals surface area contributed by atoms with Crippen molar-refractivity contribution in [1.29, 1.82) is 0 Å². The van der Waals surface area contributed by atoms with E-state index >= 15 is 0 Å². The lowest BCUT2D eigenvalue weighted by molar-refractivity contribution is 0.0692. The molecule has 1 aromatic carbocycles. The molecule has 0 spiro atoms. The molecule has 1 saturated heterocycles. The van der Waals surface area contributed by atoms with Gasteiger partial charge in [0, 0.05) is 18.5 Å². The summed E-state index contributed by atoms with van der Waals surface area (Å²) in [4.78, 5) is 19.2. The lowest BCUT2D eigenvalue weighted by atomic mass is 9.96. The van der Waals surface area contributed by atoms with Crippen LogP contribution in [0.25, 0.3) is 10.9 Å². The second kappa shape index (κ2) is 6.32. The predicted molar refractivity (Wildman–Crippen MR) is 86.0 cm³/mol. The minimum Gasteiger partial charge on any atom is -0.494 e. The zero-order chi connectivity index (χ0) is 15.5. The van der Waals surface area contributed by atoms with Crippen molar-refractivity contribution in [1.82, 2.24) is 9.88 Å². The molecule has 2 aromatic rings. The van der Waals surface area contributed by atoms with E-state index in [2.05, 4.69) is 4.98 Å². The molecule has 5 heteroatoms. The number of benzene rings is 1. The molecule has 116 valence electrons. The molecule has 1 amide bonds. The van der Waals surface area contributed by atoms with Crippen LogP contribution in [0.4, 0.5) is 0 Å². The van der Waals surface area contributed by atoms with Crippen LogP contribution in [0, 0.1) is 5.92 Å². The molecule has 2 N–H and O–H groups in total. The summed E-state index contributed by atoms with van der Waals surface area (Å²) in [6.07, 6.45) is 3.56. The monoisotopic (exact) mass is 299 g/mol. The van der Waals surface area contributed by atoms with E-state index in [0.717, 1.165) is 36.8 Å². The maximum Gasteiger partial charge on any atom is 0.258 e. The highest BCUT2D eigenvalue weighted by Crippen LogP contribution is 2.28. The number of methoxy groups -OCH3 is 1. The Morgan fingerprint density at radius 1 is 1.36 bits per heavy atom. The Labute approximate surface area is 130 Å². The lowest BCUT2D eigenvalue weighted by Crippen LogP contribution is -2.40. The topological polar surface area (TPSA) is 68.5 Å². The maximum atomic E-state index is 13.0. The number of para-hydroxylation sites is 1. The first-order valence-electron chi connectivity index (χ1n) is 7.65. The number of likely N-dealkylation sites (tertiary alicyclic amines) is 1. The van der Waals surface area contributed by atoms with Gasteiger partial charge in [-0.1, -0.05) is 18.2 Å². The lowest BCUT2D eigenvalue weighted by Gasteiger charge is -2.32. The number of carbonyl (C=O) groups excluding carboxylic acids is 1. The van der Waals surface area contributed by atoms with Crippen LogP contribution in [0.5, 0.6) is 5.75 Å². The van der Waals surface area contributed by atoms with Gasteiger partial charge in [-0.15, -0.1) is 0 Å². The van der Waals surface area contributed by atoms with Crippen LogP contribution in [0.2, 0.25) is 0 Å². The van der Waals surface area contributed by atoms with Crippen molar-refractivity contribution in [2.75, 3.05) is 26.7 Å². The Morgan fingerprint density at radius 3 is 2.77 bits per heavy atom. The highest BCUT2D eigenvalue weighted by molar-refractivity contribution is 6.08. The number of ether oxygens (including phenoxy) is 1. The summed E-state index contributed by atoms with van der Waals surface area (Å²) in [6, 6.07) is 7.67. The molecule has 1 aliphatic heterocycles. The number of hydrogen-bond donors (Lipinski definition) is 1. The van der Waals surface area contributed by atoms with Gasteiger partial charge in [-0.3, -0.25) is 9.78 Å². The predicted octanol–water partition coefficient (Wildman–Crippen LogP) is 2.05. The third kappa shape index (κ3) is 2.64. The van der Waals surface area contributed by atoms with E-state index in [9.17, 15) is 4.79 Å². The van der Waals surface area contributed by atoms with Crippen LogP contribution in [0.3, 0.4) is 0 Å². The third-order valence-electron chi connectivity index (χ3n) is 4.41. The summed E-state index contributed by atoms with van der Waals surface area (Å²) in [7, 11) is 1.57. The zero-order valence-corrected chi connectivity index (χ0v) is 12.8. The number of carbonyl (C=O) groups is 1. The van der Waals surface area contributed by atoms with E-state index in [1.54, 1.807) is 13.3 Å². The maximum absolute atomic E-state index is 13.0. The zero-order valence-electron chi connectivity index (χ0n) is 12.8. The van der Waals surface area contributed by atoms with E-state index in [0.29, 0.717) is 23.8 Å². The van der Waals surface area contributed by atoms with E-state index in [-0.39, 0.29) is 5.91 Å². The van der Waals surface area contributed by atoms with Gasteiger partial charge in [0.1, 0.15) is 0 Å². The van der Waals surface area contributed by atoms with E-state index in [1.165, 1.54) is 0 Å². The number of amides is 1. The molecular formula is C17H21N3O2. The van der Waals surface area contributed by atoms with Crippen molar-refractivity contribution in [3.8, 4) is 5.75 Å². The Kier molecular flexibility index (Phi) is 4.24. The second-order valence-corrected chi connectivity index (χ2v) is 5.69. The Balaban J connectivity index is 1.96. The summed E-state index contributed by atoms with van der Waals surface area (Å²) < 4.78 is 5.38. The smallest absolute Gasteiger partial charge is 0.258 e. The van der Waals surface area contributed by atoms with Crippen molar-refractivity contribution in [2.24, 2.45) is 11.7 Å². The number of rotatable bonds is 3. The van der Waals surface area contributed by atoms with Crippen molar-refractivity contribution >= 4 is 16.8 Å². The minimum atomic E-state index is 0.0194. The summed E-state index contributed by atoms with van der Waals surface area (Å²) >= 11 is 0. The second-order valence-electron chi connectivity index (χ2n) is 5.69. The van der Waals surface area contributed by atoms with Gasteiger partial charge in [0.05, 0.1) is 24.4 Å². The molecular weight excluding hydrogens is 278 g/mol. The fourth-order valence-corrected chi connectivity index (χ4v) is 3.03. The highest BCUT2D eigenvalue weighted by atomic mass is 16.5. The third-order valence-corrected chi connectivity index (χ3v) is 4.41. The molecule has 0 atom stereocenters. The van der Waals surface area contributed by atoms with Gasteiger partial charge in [-0.25, -0.2) is 0 Å². The summed E-state index contributed by atoms with van der Waals surface area (Å²) in [6.45, 7) is 2.20. The number of fused-ring (bicyclic) bond motifs is 1. The molecule has 22 heavy (non-hydrogen) atoms. The van der Waals surface area contributed by atoms with Gasteiger partial charge in [-0.05, 0) is 31.4 Å². The molecule has 0 unspecified atom stereocenters. The molecule has 1 fully saturated rings. The first-order chi connectivity index (χ1) is 10.7. The largest absolute Gasteiger partial charge is 0.494 e. The number of nitrogens with two attached hydrogens (primary N) is 1. The fourth-order valence-electron chi connectivity index (χ4n) is 3.03. The van der Waals surface area contributed by atoms with Gasteiger partial charge >= 0.3 is 0 Å². The van der Waals surface area contributed by atoms with Crippen LogP contribution >= 0.6 is 0 Å². The summed E-state index contributed by atoms with van der Waals surface area (Å²) in [5.74, 6) is 1.08. The molecule has 1 aromatic heterocycles. The minimum absolute atomic E-state index is 0.0194. The molecule has 0 saturated carbocycles. The Morgan fingerprint density at radius 2 is 2.09 bits per heavy atom. The van der Waals surface area contributed by atoms with Gasteiger partial charge in [0.25, 0.3) is 5.91 Å². The molecule has 0 radical (unpaired) electrons. The Hall–Kier alpha value is -2.14. The number of piperidine rings is 1. The van der Waals surface area contributed by atoms with Gasteiger partial charge in [-0.2, -0.15) is 0 Å². The number of hydrogen-bond acceptors (Lipinski definition) is 4. The van der Waals surface area contributed by atoms with Gasteiger partial charge in [0.2, 0.25) is 0 Å². The fraction of sp³-hybridized carbons (Fsp3) is 0.412. The van der Waals surface area contributed by atoms with Crippen LogP contribution in [-0.2, 0) is 0 Å². The molecule has 1 aliphatic rings. The number of pyridine rings is 1.